The van der Waals surface area contributed by atoms with Crippen molar-refractivity contribution >= 4 is 42.4 Å². The molecule has 0 aromatic heterocycles. The summed E-state index contributed by atoms with van der Waals surface area (Å²) < 4.78 is 0. The zero-order valence-electron chi connectivity index (χ0n) is 33.3. The SMILES string of the molecule is Cc1cc(C)cc(P(c2cc(C)cc(C)c2)c2cccc(C3CCCC3)c2C2CCCC2[C@@H](C)P(c2cc(C)cc(C)c2)c2cc(C)cc(C)c2)c1. The molecular weight excluding hydrogens is 662 g/mol. The van der Waals surface area contributed by atoms with E-state index in [1.165, 1.54) is 100 Å². The maximum atomic E-state index is 2.65. The van der Waals surface area contributed by atoms with Crippen LogP contribution >= 0.6 is 15.8 Å². The van der Waals surface area contributed by atoms with Crippen LogP contribution in [-0.2, 0) is 0 Å². The Labute approximate surface area is 318 Å². The van der Waals surface area contributed by atoms with Gasteiger partial charge < -0.3 is 0 Å². The van der Waals surface area contributed by atoms with Gasteiger partial charge in [-0.15, -0.1) is 0 Å². The second-order valence-electron chi connectivity index (χ2n) is 16.8. The molecule has 0 nitrogen and oxygen atoms in total. The lowest BCUT2D eigenvalue weighted by molar-refractivity contribution is 0.475. The van der Waals surface area contributed by atoms with Crippen molar-refractivity contribution < 1.29 is 0 Å². The van der Waals surface area contributed by atoms with Gasteiger partial charge in [-0.2, -0.15) is 0 Å². The Bertz CT molecular complexity index is 1880. The first-order valence-electron chi connectivity index (χ1n) is 20.0. The fraction of sp³-hybridized carbons (Fsp3) is 0.400. The molecule has 52 heavy (non-hydrogen) atoms. The van der Waals surface area contributed by atoms with Crippen LogP contribution in [0.15, 0.2) is 91.0 Å². The molecule has 0 spiro atoms. The van der Waals surface area contributed by atoms with Crippen LogP contribution in [0.5, 0.6) is 0 Å². The molecular formula is C50H60P2. The van der Waals surface area contributed by atoms with Crippen LogP contribution in [0.1, 0.15) is 119 Å². The Balaban J connectivity index is 1.43. The summed E-state index contributed by atoms with van der Waals surface area (Å²) in [5, 5.41) is 7.79. The average molecular weight is 723 g/mol. The highest BCUT2D eigenvalue weighted by molar-refractivity contribution is 7.80. The molecule has 5 aromatic rings. The molecule has 0 N–H and O–H groups in total. The van der Waals surface area contributed by atoms with Crippen LogP contribution in [0.25, 0.3) is 0 Å². The molecule has 2 aliphatic carbocycles. The van der Waals surface area contributed by atoms with Crippen molar-refractivity contribution in [2.75, 3.05) is 0 Å². The van der Waals surface area contributed by atoms with Crippen molar-refractivity contribution in [3.05, 3.63) is 147 Å². The number of hydrogen-bond donors (Lipinski definition) is 0. The molecule has 2 unspecified atom stereocenters. The van der Waals surface area contributed by atoms with Crippen LogP contribution in [0.2, 0.25) is 0 Å². The highest BCUT2D eigenvalue weighted by Crippen LogP contribution is 2.55. The van der Waals surface area contributed by atoms with Gasteiger partial charge in [-0.3, -0.25) is 0 Å². The summed E-state index contributed by atoms with van der Waals surface area (Å²) >= 11 is 0. The molecule has 0 bridgehead atoms. The summed E-state index contributed by atoms with van der Waals surface area (Å²) in [5.41, 5.74) is 15.1. The number of rotatable bonds is 9. The summed E-state index contributed by atoms with van der Waals surface area (Å²) in [6, 6.07) is 37.1. The van der Waals surface area contributed by atoms with Crippen molar-refractivity contribution in [1.29, 1.82) is 0 Å². The van der Waals surface area contributed by atoms with E-state index in [-0.39, 0.29) is 0 Å². The van der Waals surface area contributed by atoms with Gasteiger partial charge in [0, 0.05) is 0 Å². The largest absolute Gasteiger partial charge is 0.0613 e. The second kappa shape index (κ2) is 15.7. The van der Waals surface area contributed by atoms with Gasteiger partial charge >= 0.3 is 0 Å². The summed E-state index contributed by atoms with van der Waals surface area (Å²) in [4.78, 5) is 0. The Kier molecular flexibility index (Phi) is 11.3. The highest BCUT2D eigenvalue weighted by Gasteiger charge is 2.41. The van der Waals surface area contributed by atoms with Crippen LogP contribution in [0.3, 0.4) is 0 Å². The van der Waals surface area contributed by atoms with Crippen molar-refractivity contribution in [2.45, 2.75) is 125 Å². The molecule has 0 heterocycles. The third kappa shape index (κ3) is 7.91. The van der Waals surface area contributed by atoms with Crippen molar-refractivity contribution in [3.63, 3.8) is 0 Å². The summed E-state index contributed by atoms with van der Waals surface area (Å²) in [7, 11) is -1.28. The van der Waals surface area contributed by atoms with Crippen LogP contribution in [-0.4, -0.2) is 5.66 Å². The summed E-state index contributed by atoms with van der Waals surface area (Å²) in [6.07, 6.45) is 9.37. The lowest BCUT2D eigenvalue weighted by Gasteiger charge is -2.37. The molecule has 3 atom stereocenters. The van der Waals surface area contributed by atoms with Gasteiger partial charge in [-0.05, 0) is 158 Å². The number of hydrogen-bond acceptors (Lipinski definition) is 0. The van der Waals surface area contributed by atoms with E-state index >= 15 is 0 Å². The Hall–Kier alpha value is -3.04. The smallest absolute Gasteiger partial charge is 0.0113 e. The van der Waals surface area contributed by atoms with Gasteiger partial charge in [-0.1, -0.05) is 162 Å². The summed E-state index contributed by atoms with van der Waals surface area (Å²) in [5.74, 6) is 1.90. The predicted octanol–water partition coefficient (Wildman–Crippen LogP) is 12.0. The molecule has 2 fully saturated rings. The number of aryl methyl sites for hydroxylation is 8. The van der Waals surface area contributed by atoms with Gasteiger partial charge in [0.25, 0.3) is 0 Å². The van der Waals surface area contributed by atoms with Crippen LogP contribution in [0, 0.1) is 61.3 Å². The zero-order valence-corrected chi connectivity index (χ0v) is 35.1. The molecule has 0 saturated heterocycles. The van der Waals surface area contributed by atoms with E-state index in [1.54, 1.807) is 27.0 Å². The molecule has 2 saturated carbocycles. The maximum Gasteiger partial charge on any atom is -0.0113 e. The van der Waals surface area contributed by atoms with E-state index in [0.717, 1.165) is 0 Å². The lowest BCUT2D eigenvalue weighted by Crippen LogP contribution is -2.32. The monoisotopic (exact) mass is 722 g/mol. The van der Waals surface area contributed by atoms with E-state index in [9.17, 15) is 0 Å². The first kappa shape index (κ1) is 37.3. The summed E-state index contributed by atoms with van der Waals surface area (Å²) in [6.45, 7) is 21.0. The molecule has 0 aliphatic heterocycles. The van der Waals surface area contributed by atoms with E-state index in [4.69, 9.17) is 0 Å². The standard InChI is InChI=1S/C50H60P2/c1-32-20-33(2)25-42(24-32)51(43-26-34(3)21-35(4)27-43)40(9)46-16-12-18-48(46)50-47(41-14-10-11-15-41)17-13-19-49(50)52(44-28-36(5)22-37(6)29-44)45-30-38(7)23-39(8)31-45/h13,17,19-31,40-41,46,48H,10-12,14-16,18H2,1-9H3/t40-,46?,48?/m1/s1. The van der Waals surface area contributed by atoms with Crippen LogP contribution < -0.4 is 26.5 Å². The quantitative estimate of drug-likeness (QED) is 0.133. The third-order valence-corrected chi connectivity index (χ3v) is 17.3. The van der Waals surface area contributed by atoms with Gasteiger partial charge in [0.2, 0.25) is 0 Å². The highest BCUT2D eigenvalue weighted by atomic mass is 31.1. The van der Waals surface area contributed by atoms with E-state index in [2.05, 4.69) is 153 Å². The topological polar surface area (TPSA) is 0 Å². The maximum absolute atomic E-state index is 2.65. The molecule has 5 aromatic carbocycles. The Morgan fingerprint density at radius 1 is 0.481 bits per heavy atom. The minimum Gasteiger partial charge on any atom is -0.0613 e. The third-order valence-electron chi connectivity index (χ3n) is 12.0. The average Bonchev–Trinajstić information content (AvgIpc) is 3.77. The Morgan fingerprint density at radius 3 is 1.35 bits per heavy atom. The molecule has 2 heteroatoms. The van der Waals surface area contributed by atoms with Crippen molar-refractivity contribution in [2.24, 2.45) is 5.92 Å². The Morgan fingerprint density at radius 2 is 0.904 bits per heavy atom. The minimum absolute atomic E-state index is 0.549. The van der Waals surface area contributed by atoms with E-state index in [0.29, 0.717) is 23.4 Å². The molecule has 2 aliphatic rings. The predicted molar refractivity (Wildman–Crippen MR) is 233 cm³/mol. The van der Waals surface area contributed by atoms with Gasteiger partial charge in [0.15, 0.2) is 0 Å². The fourth-order valence-electron chi connectivity index (χ4n) is 10.3. The number of benzene rings is 5. The van der Waals surface area contributed by atoms with Crippen molar-refractivity contribution in [1.82, 2.24) is 0 Å². The van der Waals surface area contributed by atoms with Gasteiger partial charge in [-0.25, -0.2) is 0 Å². The lowest BCUT2D eigenvalue weighted by atomic mass is 9.80. The minimum atomic E-state index is -0.732. The van der Waals surface area contributed by atoms with Crippen molar-refractivity contribution in [3.8, 4) is 0 Å². The molecule has 270 valence electrons. The normalized spacial score (nSPS) is 18.5. The second-order valence-corrected chi connectivity index (χ2v) is 21.6. The van der Waals surface area contributed by atoms with Gasteiger partial charge in [0.1, 0.15) is 0 Å². The van der Waals surface area contributed by atoms with Gasteiger partial charge in [0.05, 0.1) is 0 Å². The first-order chi connectivity index (χ1) is 24.9. The van der Waals surface area contributed by atoms with Crippen LogP contribution in [0.4, 0.5) is 0 Å². The zero-order chi connectivity index (χ0) is 36.7. The van der Waals surface area contributed by atoms with E-state index in [1.807, 2.05) is 0 Å². The van der Waals surface area contributed by atoms with E-state index < -0.39 is 15.8 Å². The first-order valence-corrected chi connectivity index (χ1v) is 22.8. The molecule has 0 radical (unpaired) electrons. The molecule has 0 amide bonds. The fourth-order valence-corrected chi connectivity index (χ4v) is 16.6. The molecule has 7 rings (SSSR count).